The van der Waals surface area contributed by atoms with Crippen molar-refractivity contribution in [2.24, 2.45) is 0 Å². The molecule has 102 valence electrons. The SMILES string of the molecule is C=CCN(C)S(=O)(=O)c1c(C)nn(CCO)c1C. The van der Waals surface area contributed by atoms with E-state index in [2.05, 4.69) is 11.7 Å². The first-order valence-corrected chi connectivity index (χ1v) is 7.02. The van der Waals surface area contributed by atoms with E-state index in [-0.39, 0.29) is 24.6 Å². The minimum atomic E-state index is -3.56. The van der Waals surface area contributed by atoms with Crippen LogP contribution in [-0.2, 0) is 16.6 Å². The van der Waals surface area contributed by atoms with Gasteiger partial charge in [0.15, 0.2) is 0 Å². The average Bonchev–Trinajstić information content (AvgIpc) is 2.55. The van der Waals surface area contributed by atoms with Crippen LogP contribution in [0.4, 0.5) is 0 Å². The largest absolute Gasteiger partial charge is 0.394 e. The Kier molecular flexibility index (Phi) is 4.66. The summed E-state index contributed by atoms with van der Waals surface area (Å²) in [4.78, 5) is 0.209. The summed E-state index contributed by atoms with van der Waals surface area (Å²) in [7, 11) is -2.06. The molecule has 18 heavy (non-hydrogen) atoms. The lowest BCUT2D eigenvalue weighted by Crippen LogP contribution is -2.28. The summed E-state index contributed by atoms with van der Waals surface area (Å²) < 4.78 is 27.4. The second-order valence-electron chi connectivity index (χ2n) is 4.02. The van der Waals surface area contributed by atoms with Crippen LogP contribution in [0.5, 0.6) is 0 Å². The number of aliphatic hydroxyl groups excluding tert-OH is 1. The van der Waals surface area contributed by atoms with Crippen molar-refractivity contribution in [3.05, 3.63) is 24.0 Å². The Morgan fingerprint density at radius 1 is 1.50 bits per heavy atom. The molecule has 1 aromatic rings. The third kappa shape index (κ3) is 2.63. The highest BCUT2D eigenvalue weighted by molar-refractivity contribution is 7.89. The molecular weight excluding hydrogens is 254 g/mol. The van der Waals surface area contributed by atoms with Crippen LogP contribution in [0.3, 0.4) is 0 Å². The number of sulfonamides is 1. The van der Waals surface area contributed by atoms with Gasteiger partial charge in [-0.05, 0) is 13.8 Å². The molecule has 0 spiro atoms. The number of aliphatic hydroxyl groups is 1. The monoisotopic (exact) mass is 273 g/mol. The van der Waals surface area contributed by atoms with Crippen LogP contribution in [0.25, 0.3) is 0 Å². The van der Waals surface area contributed by atoms with E-state index in [1.165, 1.54) is 22.1 Å². The summed E-state index contributed by atoms with van der Waals surface area (Å²) >= 11 is 0. The normalized spacial score (nSPS) is 12.1. The van der Waals surface area contributed by atoms with E-state index in [9.17, 15) is 8.42 Å². The first kappa shape index (κ1) is 14.9. The highest BCUT2D eigenvalue weighted by atomic mass is 32.2. The van der Waals surface area contributed by atoms with Gasteiger partial charge < -0.3 is 5.11 Å². The van der Waals surface area contributed by atoms with Gasteiger partial charge in [0, 0.05) is 13.6 Å². The Hall–Kier alpha value is -1.18. The molecule has 0 amide bonds. The van der Waals surface area contributed by atoms with Gasteiger partial charge in [0.25, 0.3) is 0 Å². The summed E-state index contributed by atoms with van der Waals surface area (Å²) in [6.07, 6.45) is 1.53. The molecule has 0 unspecified atom stereocenters. The fourth-order valence-corrected chi connectivity index (χ4v) is 3.31. The van der Waals surface area contributed by atoms with Crippen molar-refractivity contribution in [2.75, 3.05) is 20.2 Å². The molecule has 0 aromatic carbocycles. The molecule has 0 atom stereocenters. The van der Waals surface area contributed by atoms with E-state index in [1.807, 2.05) is 0 Å². The fraction of sp³-hybridized carbons (Fsp3) is 0.545. The molecule has 0 radical (unpaired) electrons. The number of likely N-dealkylation sites (N-methyl/N-ethyl adjacent to an activating group) is 1. The summed E-state index contributed by atoms with van der Waals surface area (Å²) in [6.45, 7) is 7.31. The van der Waals surface area contributed by atoms with Crippen molar-refractivity contribution in [3.8, 4) is 0 Å². The van der Waals surface area contributed by atoms with Gasteiger partial charge in [-0.3, -0.25) is 4.68 Å². The van der Waals surface area contributed by atoms with Crippen molar-refractivity contribution in [1.29, 1.82) is 0 Å². The highest BCUT2D eigenvalue weighted by Crippen LogP contribution is 2.22. The molecule has 0 aliphatic rings. The lowest BCUT2D eigenvalue weighted by Gasteiger charge is -2.15. The molecule has 0 aliphatic heterocycles. The molecule has 1 N–H and O–H groups in total. The molecule has 0 saturated carbocycles. The van der Waals surface area contributed by atoms with E-state index in [4.69, 9.17) is 5.11 Å². The van der Waals surface area contributed by atoms with Gasteiger partial charge in [-0.15, -0.1) is 6.58 Å². The van der Waals surface area contributed by atoms with Crippen LogP contribution < -0.4 is 0 Å². The topological polar surface area (TPSA) is 75.4 Å². The van der Waals surface area contributed by atoms with Crippen LogP contribution in [0, 0.1) is 13.8 Å². The van der Waals surface area contributed by atoms with E-state index >= 15 is 0 Å². The maximum Gasteiger partial charge on any atom is 0.246 e. The van der Waals surface area contributed by atoms with Gasteiger partial charge in [-0.1, -0.05) is 6.08 Å². The van der Waals surface area contributed by atoms with Gasteiger partial charge >= 0.3 is 0 Å². The summed E-state index contributed by atoms with van der Waals surface area (Å²) in [5, 5.41) is 13.0. The number of nitrogens with zero attached hydrogens (tertiary/aromatic N) is 3. The average molecular weight is 273 g/mol. The van der Waals surface area contributed by atoms with E-state index in [1.54, 1.807) is 13.8 Å². The molecule has 0 bridgehead atoms. The first-order valence-electron chi connectivity index (χ1n) is 5.58. The Morgan fingerprint density at radius 3 is 2.61 bits per heavy atom. The molecule has 0 aliphatic carbocycles. The van der Waals surface area contributed by atoms with E-state index < -0.39 is 10.0 Å². The second-order valence-corrected chi connectivity index (χ2v) is 6.00. The predicted molar refractivity (Wildman–Crippen MR) is 68.8 cm³/mol. The molecular formula is C11H19N3O3S. The van der Waals surface area contributed by atoms with Crippen molar-refractivity contribution in [1.82, 2.24) is 14.1 Å². The van der Waals surface area contributed by atoms with Crippen LogP contribution in [0.2, 0.25) is 0 Å². The van der Waals surface area contributed by atoms with Crippen molar-refractivity contribution in [3.63, 3.8) is 0 Å². The molecule has 1 aromatic heterocycles. The van der Waals surface area contributed by atoms with E-state index in [0.717, 1.165) is 0 Å². The maximum atomic E-state index is 12.3. The summed E-state index contributed by atoms with van der Waals surface area (Å²) in [5.41, 5.74) is 0.981. The van der Waals surface area contributed by atoms with Crippen LogP contribution in [0.15, 0.2) is 17.6 Å². The fourth-order valence-electron chi connectivity index (χ4n) is 1.80. The van der Waals surface area contributed by atoms with Crippen molar-refractivity contribution < 1.29 is 13.5 Å². The zero-order valence-corrected chi connectivity index (χ0v) is 11.7. The number of hydrogen-bond donors (Lipinski definition) is 1. The predicted octanol–water partition coefficient (Wildman–Crippen LogP) is 0.299. The third-order valence-electron chi connectivity index (χ3n) is 2.68. The lowest BCUT2D eigenvalue weighted by molar-refractivity contribution is 0.267. The number of aromatic nitrogens is 2. The van der Waals surface area contributed by atoms with Gasteiger partial charge in [0.05, 0.1) is 24.5 Å². The Balaban J connectivity index is 3.28. The van der Waals surface area contributed by atoms with Gasteiger partial charge in [0.1, 0.15) is 4.90 Å². The van der Waals surface area contributed by atoms with Gasteiger partial charge in [0.2, 0.25) is 10.0 Å². The molecule has 0 saturated heterocycles. The van der Waals surface area contributed by atoms with Gasteiger partial charge in [-0.2, -0.15) is 9.40 Å². The number of rotatable bonds is 6. The van der Waals surface area contributed by atoms with Crippen LogP contribution in [0.1, 0.15) is 11.4 Å². The van der Waals surface area contributed by atoms with Crippen molar-refractivity contribution in [2.45, 2.75) is 25.3 Å². The summed E-state index contributed by atoms with van der Waals surface area (Å²) in [6, 6.07) is 0. The lowest BCUT2D eigenvalue weighted by atomic mass is 10.4. The van der Waals surface area contributed by atoms with E-state index in [0.29, 0.717) is 11.4 Å². The quantitative estimate of drug-likeness (QED) is 0.756. The minimum absolute atomic E-state index is 0.0794. The Labute approximate surface area is 108 Å². The maximum absolute atomic E-state index is 12.3. The molecule has 0 fully saturated rings. The Morgan fingerprint density at radius 2 is 2.11 bits per heavy atom. The summed E-state index contributed by atoms with van der Waals surface area (Å²) in [5.74, 6) is 0. The minimum Gasteiger partial charge on any atom is -0.394 e. The molecule has 1 heterocycles. The smallest absolute Gasteiger partial charge is 0.246 e. The second kappa shape index (κ2) is 5.64. The van der Waals surface area contributed by atoms with Crippen LogP contribution >= 0.6 is 0 Å². The first-order chi connectivity index (χ1) is 8.36. The molecule has 6 nitrogen and oxygen atoms in total. The van der Waals surface area contributed by atoms with Crippen molar-refractivity contribution >= 4 is 10.0 Å². The molecule has 7 heteroatoms. The zero-order valence-electron chi connectivity index (χ0n) is 10.9. The third-order valence-corrected chi connectivity index (χ3v) is 4.76. The Bertz CT molecular complexity index is 534. The standard InChI is InChI=1S/C11H19N3O3S/c1-5-6-13(4)18(16,17)11-9(2)12-14(7-8-15)10(11)3/h5,15H,1,6-8H2,2-4H3. The number of aryl methyl sites for hydroxylation is 1. The molecule has 1 rings (SSSR count). The number of hydrogen-bond acceptors (Lipinski definition) is 4. The highest BCUT2D eigenvalue weighted by Gasteiger charge is 2.27. The van der Waals surface area contributed by atoms with Gasteiger partial charge in [-0.25, -0.2) is 8.42 Å². The van der Waals surface area contributed by atoms with Crippen LogP contribution in [-0.4, -0.2) is 47.8 Å². The zero-order chi connectivity index (χ0) is 13.9.